The van der Waals surface area contributed by atoms with E-state index in [0.29, 0.717) is 18.8 Å². The summed E-state index contributed by atoms with van der Waals surface area (Å²) >= 11 is 0. The number of amides is 1. The standard InChI is InChI=1S/C15H21N7O3S/c1-20-7-9-21(10-8-20)15(23)5-6-17-26(24,25)14-4-2-3-13(11-14)22-12-16-18-19-22/h2-4,11-12,17H,5-10H2,1H3. The molecule has 2 aromatic rings. The Labute approximate surface area is 151 Å². The van der Waals surface area contributed by atoms with Crippen molar-refractivity contribution in [2.75, 3.05) is 39.8 Å². The fraction of sp³-hybridized carbons (Fsp3) is 0.467. The number of hydrogen-bond donors (Lipinski definition) is 1. The molecule has 0 bridgehead atoms. The monoisotopic (exact) mass is 379 g/mol. The lowest BCUT2D eigenvalue weighted by molar-refractivity contribution is -0.132. The van der Waals surface area contributed by atoms with Gasteiger partial charge in [-0.1, -0.05) is 6.07 Å². The maximum Gasteiger partial charge on any atom is 0.240 e. The third kappa shape index (κ3) is 4.42. The zero-order valence-corrected chi connectivity index (χ0v) is 15.3. The Morgan fingerprint density at radius 2 is 2.00 bits per heavy atom. The highest BCUT2D eigenvalue weighted by molar-refractivity contribution is 7.89. The maximum atomic E-state index is 12.5. The van der Waals surface area contributed by atoms with Gasteiger partial charge in [-0.2, -0.15) is 0 Å². The molecule has 1 aliphatic heterocycles. The van der Waals surface area contributed by atoms with Gasteiger partial charge < -0.3 is 9.80 Å². The molecule has 1 aromatic heterocycles. The molecule has 0 atom stereocenters. The average Bonchev–Trinajstić information content (AvgIpc) is 3.17. The number of rotatable bonds is 6. The number of piperazine rings is 1. The Bertz CT molecular complexity index is 846. The molecular formula is C15H21N7O3S. The Kier molecular flexibility index (Phi) is 5.59. The first-order valence-corrected chi connectivity index (χ1v) is 9.73. The first-order valence-electron chi connectivity index (χ1n) is 8.25. The van der Waals surface area contributed by atoms with E-state index in [9.17, 15) is 13.2 Å². The van der Waals surface area contributed by atoms with Crippen LogP contribution in [0.3, 0.4) is 0 Å². The van der Waals surface area contributed by atoms with E-state index in [-0.39, 0.29) is 23.8 Å². The maximum absolute atomic E-state index is 12.5. The van der Waals surface area contributed by atoms with Gasteiger partial charge in [-0.15, -0.1) is 5.10 Å². The highest BCUT2D eigenvalue weighted by atomic mass is 32.2. The third-order valence-corrected chi connectivity index (χ3v) is 5.69. The number of benzene rings is 1. The van der Waals surface area contributed by atoms with Crippen molar-refractivity contribution in [3.05, 3.63) is 30.6 Å². The largest absolute Gasteiger partial charge is 0.340 e. The molecule has 0 unspecified atom stereocenters. The van der Waals surface area contributed by atoms with Crippen LogP contribution in [-0.4, -0.2) is 84.1 Å². The first kappa shape index (κ1) is 18.4. The molecule has 1 N–H and O–H groups in total. The van der Waals surface area contributed by atoms with Crippen molar-refractivity contribution in [2.45, 2.75) is 11.3 Å². The van der Waals surface area contributed by atoms with Crippen LogP contribution in [0, 0.1) is 0 Å². The van der Waals surface area contributed by atoms with Gasteiger partial charge in [-0.3, -0.25) is 4.79 Å². The lowest BCUT2D eigenvalue weighted by Crippen LogP contribution is -2.47. The Morgan fingerprint density at radius 3 is 2.69 bits per heavy atom. The number of tetrazole rings is 1. The van der Waals surface area contributed by atoms with Crippen molar-refractivity contribution < 1.29 is 13.2 Å². The van der Waals surface area contributed by atoms with Crippen molar-refractivity contribution in [1.82, 2.24) is 34.7 Å². The van der Waals surface area contributed by atoms with Gasteiger partial charge in [0.25, 0.3) is 0 Å². The van der Waals surface area contributed by atoms with Crippen LogP contribution < -0.4 is 4.72 Å². The van der Waals surface area contributed by atoms with E-state index < -0.39 is 10.0 Å². The zero-order valence-electron chi connectivity index (χ0n) is 14.4. The molecule has 3 rings (SSSR count). The predicted octanol–water partition coefficient (Wildman–Crippen LogP) is -0.895. The van der Waals surface area contributed by atoms with Gasteiger partial charge in [0.05, 0.1) is 10.6 Å². The second kappa shape index (κ2) is 7.89. The van der Waals surface area contributed by atoms with Crippen LogP contribution >= 0.6 is 0 Å². The number of nitrogens with one attached hydrogen (secondary N) is 1. The summed E-state index contributed by atoms with van der Waals surface area (Å²) < 4.78 is 28.8. The molecule has 1 aliphatic rings. The molecule has 1 fully saturated rings. The molecule has 10 nitrogen and oxygen atoms in total. The van der Waals surface area contributed by atoms with Crippen LogP contribution in [0.5, 0.6) is 0 Å². The second-order valence-corrected chi connectivity index (χ2v) is 7.85. The fourth-order valence-electron chi connectivity index (χ4n) is 2.66. The molecular weight excluding hydrogens is 358 g/mol. The van der Waals surface area contributed by atoms with E-state index in [1.807, 2.05) is 7.05 Å². The normalized spacial score (nSPS) is 16.0. The van der Waals surface area contributed by atoms with Gasteiger partial charge in [-0.25, -0.2) is 17.8 Å². The smallest absolute Gasteiger partial charge is 0.240 e. The minimum atomic E-state index is -3.72. The van der Waals surface area contributed by atoms with Crippen LogP contribution in [0.4, 0.5) is 0 Å². The first-order chi connectivity index (χ1) is 12.5. The van der Waals surface area contributed by atoms with Crippen LogP contribution in [0.15, 0.2) is 35.5 Å². The summed E-state index contributed by atoms with van der Waals surface area (Å²) in [6, 6.07) is 6.27. The van der Waals surface area contributed by atoms with Gasteiger partial charge in [0, 0.05) is 39.1 Å². The average molecular weight is 379 g/mol. The lowest BCUT2D eigenvalue weighted by atomic mass is 10.3. The summed E-state index contributed by atoms with van der Waals surface area (Å²) in [4.78, 5) is 16.2. The second-order valence-electron chi connectivity index (χ2n) is 6.08. The Balaban J connectivity index is 1.57. The minimum absolute atomic E-state index is 0.0387. The SMILES string of the molecule is CN1CCN(C(=O)CCNS(=O)(=O)c2cccc(-n3cnnn3)c2)CC1. The molecule has 0 aliphatic carbocycles. The van der Waals surface area contributed by atoms with E-state index in [2.05, 4.69) is 25.1 Å². The molecule has 0 radical (unpaired) electrons. The van der Waals surface area contributed by atoms with Crippen molar-refractivity contribution in [2.24, 2.45) is 0 Å². The van der Waals surface area contributed by atoms with E-state index in [0.717, 1.165) is 13.1 Å². The number of hydrogen-bond acceptors (Lipinski definition) is 7. The summed E-state index contributed by atoms with van der Waals surface area (Å²) in [6.45, 7) is 3.08. The quantitative estimate of drug-likeness (QED) is 0.692. The summed E-state index contributed by atoms with van der Waals surface area (Å²) in [5.41, 5.74) is 0.534. The molecule has 0 saturated carbocycles. The summed E-state index contributed by atoms with van der Waals surface area (Å²) in [7, 11) is -1.71. The van der Waals surface area contributed by atoms with Gasteiger partial charge in [0.2, 0.25) is 15.9 Å². The fourth-order valence-corrected chi connectivity index (χ4v) is 3.73. The zero-order chi connectivity index (χ0) is 18.6. The van der Waals surface area contributed by atoms with Crippen LogP contribution in [0.2, 0.25) is 0 Å². The molecule has 1 saturated heterocycles. The Morgan fingerprint density at radius 1 is 1.23 bits per heavy atom. The molecule has 140 valence electrons. The van der Waals surface area contributed by atoms with Gasteiger partial charge in [0.15, 0.2) is 0 Å². The molecule has 1 aromatic carbocycles. The third-order valence-electron chi connectivity index (χ3n) is 4.23. The summed E-state index contributed by atoms with van der Waals surface area (Å²) in [5, 5.41) is 10.8. The summed E-state index contributed by atoms with van der Waals surface area (Å²) in [6.07, 6.45) is 1.52. The van der Waals surface area contributed by atoms with E-state index in [4.69, 9.17) is 0 Å². The lowest BCUT2D eigenvalue weighted by Gasteiger charge is -2.32. The number of carbonyl (C=O) groups excluding carboxylic acids is 1. The van der Waals surface area contributed by atoms with E-state index in [1.165, 1.54) is 23.1 Å². The predicted molar refractivity (Wildman–Crippen MR) is 93.0 cm³/mol. The molecule has 2 heterocycles. The van der Waals surface area contributed by atoms with E-state index >= 15 is 0 Å². The number of nitrogens with zero attached hydrogens (tertiary/aromatic N) is 6. The van der Waals surface area contributed by atoms with Gasteiger partial charge >= 0.3 is 0 Å². The van der Waals surface area contributed by atoms with E-state index in [1.54, 1.807) is 17.0 Å². The van der Waals surface area contributed by atoms with Gasteiger partial charge in [0.1, 0.15) is 6.33 Å². The molecule has 0 spiro atoms. The van der Waals surface area contributed by atoms with Crippen molar-refractivity contribution in [3.8, 4) is 5.69 Å². The number of aromatic nitrogens is 4. The van der Waals surface area contributed by atoms with Crippen molar-refractivity contribution in [3.63, 3.8) is 0 Å². The highest BCUT2D eigenvalue weighted by Gasteiger charge is 2.20. The van der Waals surface area contributed by atoms with Crippen molar-refractivity contribution >= 4 is 15.9 Å². The van der Waals surface area contributed by atoms with Crippen molar-refractivity contribution in [1.29, 1.82) is 0 Å². The molecule has 26 heavy (non-hydrogen) atoms. The Hall–Kier alpha value is -2.37. The van der Waals surface area contributed by atoms with Crippen LogP contribution in [0.1, 0.15) is 6.42 Å². The summed E-state index contributed by atoms with van der Waals surface area (Å²) in [5.74, 6) is -0.0387. The van der Waals surface area contributed by atoms with Crippen LogP contribution in [-0.2, 0) is 14.8 Å². The minimum Gasteiger partial charge on any atom is -0.340 e. The highest BCUT2D eigenvalue weighted by Crippen LogP contribution is 2.14. The molecule has 1 amide bonds. The number of sulfonamides is 1. The molecule has 11 heteroatoms. The van der Waals surface area contributed by atoms with Gasteiger partial charge in [-0.05, 0) is 35.7 Å². The van der Waals surface area contributed by atoms with Crippen LogP contribution in [0.25, 0.3) is 5.69 Å². The number of likely N-dealkylation sites (N-methyl/N-ethyl adjacent to an activating group) is 1. The number of carbonyl (C=O) groups is 1. The topological polar surface area (TPSA) is 113 Å².